The van der Waals surface area contributed by atoms with Gasteiger partial charge in [0.1, 0.15) is 18.2 Å². The molecule has 2 aromatic carbocycles. The normalized spacial score (nSPS) is 15.0. The number of ether oxygens (including phenoxy) is 2. The number of halogens is 1. The van der Waals surface area contributed by atoms with Crippen LogP contribution in [0.2, 0.25) is 0 Å². The highest BCUT2D eigenvalue weighted by Gasteiger charge is 2.47. The molecule has 7 heteroatoms. The van der Waals surface area contributed by atoms with Crippen molar-refractivity contribution in [2.75, 3.05) is 7.11 Å². The fraction of sp³-hybridized carbons (Fsp3) is 0.316. The van der Waals surface area contributed by atoms with Crippen molar-refractivity contribution < 1.29 is 23.6 Å². The number of nitro groups is 1. The molecule has 1 fully saturated rings. The average Bonchev–Trinajstić information content (AvgIpc) is 2.60. The lowest BCUT2D eigenvalue weighted by molar-refractivity contribution is -0.385. The number of carbonyl (C=O) groups is 1. The standard InChI is InChI=1S/C19H18FNO5/c1-25-17-8-7-16(21(23)24)11-13(17)12-26-18(22)19(9-2-10-19)14-3-5-15(20)6-4-14/h3-8,11H,2,9-10,12H2,1H3. The molecular formula is C19H18FNO5. The van der Waals surface area contributed by atoms with Crippen LogP contribution < -0.4 is 4.74 Å². The van der Waals surface area contributed by atoms with Gasteiger partial charge >= 0.3 is 5.97 Å². The molecule has 0 spiro atoms. The SMILES string of the molecule is COc1ccc([N+](=O)[O-])cc1COC(=O)C1(c2ccc(F)cc2)CCC1. The Hall–Kier alpha value is -2.96. The minimum absolute atomic E-state index is 0.103. The van der Waals surface area contributed by atoms with E-state index in [0.717, 1.165) is 12.0 Å². The molecule has 6 nitrogen and oxygen atoms in total. The maximum Gasteiger partial charge on any atom is 0.316 e. The van der Waals surface area contributed by atoms with Crippen molar-refractivity contribution in [2.24, 2.45) is 0 Å². The molecule has 0 unspecified atom stereocenters. The summed E-state index contributed by atoms with van der Waals surface area (Å²) in [5, 5.41) is 10.9. The zero-order valence-corrected chi connectivity index (χ0v) is 14.2. The molecular weight excluding hydrogens is 341 g/mol. The van der Waals surface area contributed by atoms with E-state index in [4.69, 9.17) is 9.47 Å². The number of benzene rings is 2. The van der Waals surface area contributed by atoms with Gasteiger partial charge in [-0.3, -0.25) is 14.9 Å². The fourth-order valence-corrected chi connectivity index (χ4v) is 3.18. The predicted octanol–water partition coefficient (Wildman–Crippen LogP) is 3.91. The van der Waals surface area contributed by atoms with Gasteiger partial charge in [-0.2, -0.15) is 0 Å². The van der Waals surface area contributed by atoms with E-state index in [-0.39, 0.29) is 18.1 Å². The molecule has 26 heavy (non-hydrogen) atoms. The molecule has 0 amide bonds. The minimum atomic E-state index is -0.776. The third-order valence-corrected chi connectivity index (χ3v) is 4.83. The van der Waals surface area contributed by atoms with Crippen molar-refractivity contribution in [1.82, 2.24) is 0 Å². The number of methoxy groups -OCH3 is 1. The topological polar surface area (TPSA) is 78.7 Å². The number of non-ortho nitro benzene ring substituents is 1. The van der Waals surface area contributed by atoms with Crippen LogP contribution >= 0.6 is 0 Å². The molecule has 1 aliphatic rings. The first kappa shape index (κ1) is 17.8. The van der Waals surface area contributed by atoms with Gasteiger partial charge in [0.25, 0.3) is 5.69 Å². The molecule has 1 saturated carbocycles. The van der Waals surface area contributed by atoms with Crippen molar-refractivity contribution in [3.63, 3.8) is 0 Å². The van der Waals surface area contributed by atoms with E-state index < -0.39 is 16.3 Å². The molecule has 0 aliphatic heterocycles. The van der Waals surface area contributed by atoms with Gasteiger partial charge in [-0.05, 0) is 36.6 Å². The van der Waals surface area contributed by atoms with Crippen LogP contribution in [0.4, 0.5) is 10.1 Å². The average molecular weight is 359 g/mol. The Morgan fingerprint density at radius 2 is 1.92 bits per heavy atom. The van der Waals surface area contributed by atoms with Gasteiger partial charge in [-0.25, -0.2) is 4.39 Å². The van der Waals surface area contributed by atoms with Crippen LogP contribution in [-0.4, -0.2) is 18.0 Å². The number of nitrogens with zero attached hydrogens (tertiary/aromatic N) is 1. The van der Waals surface area contributed by atoms with Crippen molar-refractivity contribution in [2.45, 2.75) is 31.3 Å². The summed E-state index contributed by atoms with van der Waals surface area (Å²) in [6.45, 7) is -0.132. The zero-order valence-electron chi connectivity index (χ0n) is 14.2. The number of hydrogen-bond donors (Lipinski definition) is 0. The first-order chi connectivity index (χ1) is 12.5. The highest BCUT2D eigenvalue weighted by Crippen LogP contribution is 2.45. The van der Waals surface area contributed by atoms with Gasteiger partial charge in [0.05, 0.1) is 17.4 Å². The molecule has 136 valence electrons. The Morgan fingerprint density at radius 1 is 1.23 bits per heavy atom. The summed E-state index contributed by atoms with van der Waals surface area (Å²) in [5.74, 6) is -0.366. The number of rotatable bonds is 6. The van der Waals surface area contributed by atoms with E-state index >= 15 is 0 Å². The van der Waals surface area contributed by atoms with Gasteiger partial charge in [0.15, 0.2) is 0 Å². The van der Waals surface area contributed by atoms with Crippen LogP contribution in [0.25, 0.3) is 0 Å². The van der Waals surface area contributed by atoms with Crippen LogP contribution in [0.3, 0.4) is 0 Å². The third-order valence-electron chi connectivity index (χ3n) is 4.83. The van der Waals surface area contributed by atoms with Gasteiger partial charge in [-0.15, -0.1) is 0 Å². The van der Waals surface area contributed by atoms with Crippen LogP contribution in [0.1, 0.15) is 30.4 Å². The number of nitro benzene ring substituents is 1. The molecule has 2 aromatic rings. The van der Waals surface area contributed by atoms with Gasteiger partial charge in [0.2, 0.25) is 0 Å². The molecule has 3 rings (SSSR count). The van der Waals surface area contributed by atoms with E-state index in [0.29, 0.717) is 24.2 Å². The van der Waals surface area contributed by atoms with E-state index in [2.05, 4.69) is 0 Å². The molecule has 0 aromatic heterocycles. The highest BCUT2D eigenvalue weighted by molar-refractivity contribution is 5.84. The summed E-state index contributed by atoms with van der Waals surface area (Å²) >= 11 is 0. The maximum absolute atomic E-state index is 13.2. The first-order valence-corrected chi connectivity index (χ1v) is 8.21. The van der Waals surface area contributed by atoms with E-state index in [1.807, 2.05) is 0 Å². The smallest absolute Gasteiger partial charge is 0.316 e. The van der Waals surface area contributed by atoms with Crippen LogP contribution in [0.15, 0.2) is 42.5 Å². The molecule has 0 saturated heterocycles. The summed E-state index contributed by atoms with van der Waals surface area (Å²) in [4.78, 5) is 23.2. The largest absolute Gasteiger partial charge is 0.496 e. The lowest BCUT2D eigenvalue weighted by Gasteiger charge is -2.39. The quantitative estimate of drug-likeness (QED) is 0.444. The van der Waals surface area contributed by atoms with Gasteiger partial charge in [0, 0.05) is 17.7 Å². The molecule has 0 radical (unpaired) electrons. The van der Waals surface area contributed by atoms with Crippen LogP contribution in [-0.2, 0) is 21.6 Å². The van der Waals surface area contributed by atoms with Crippen molar-refractivity contribution in [3.05, 3.63) is 69.5 Å². The van der Waals surface area contributed by atoms with E-state index in [9.17, 15) is 19.3 Å². The van der Waals surface area contributed by atoms with Crippen LogP contribution in [0.5, 0.6) is 5.75 Å². The molecule has 0 atom stereocenters. The Balaban J connectivity index is 1.78. The molecule has 0 bridgehead atoms. The third kappa shape index (κ3) is 3.24. The second kappa shape index (κ2) is 7.11. The Bertz CT molecular complexity index is 830. The van der Waals surface area contributed by atoms with E-state index in [1.165, 1.54) is 37.4 Å². The lowest BCUT2D eigenvalue weighted by atomic mass is 9.64. The summed E-state index contributed by atoms with van der Waals surface area (Å²) in [7, 11) is 1.44. The molecule has 0 heterocycles. The summed E-state index contributed by atoms with van der Waals surface area (Å²) in [6.07, 6.45) is 2.14. The molecule has 0 N–H and O–H groups in total. The number of hydrogen-bond acceptors (Lipinski definition) is 5. The second-order valence-electron chi connectivity index (χ2n) is 6.27. The van der Waals surface area contributed by atoms with Crippen molar-refractivity contribution in [3.8, 4) is 5.75 Å². The summed E-state index contributed by atoms with van der Waals surface area (Å²) in [6, 6.07) is 9.99. The molecule has 1 aliphatic carbocycles. The van der Waals surface area contributed by atoms with Crippen LogP contribution in [0, 0.1) is 15.9 Å². The Morgan fingerprint density at radius 3 is 2.46 bits per heavy atom. The number of carbonyl (C=O) groups excluding carboxylic acids is 1. The Kier molecular flexibility index (Phi) is 4.88. The Labute approximate surface area is 149 Å². The lowest BCUT2D eigenvalue weighted by Crippen LogP contribution is -2.43. The monoisotopic (exact) mass is 359 g/mol. The summed E-state index contributed by atoms with van der Waals surface area (Å²) < 4.78 is 23.8. The number of esters is 1. The highest BCUT2D eigenvalue weighted by atomic mass is 19.1. The van der Waals surface area contributed by atoms with Crippen molar-refractivity contribution >= 4 is 11.7 Å². The maximum atomic E-state index is 13.2. The predicted molar refractivity (Wildman–Crippen MR) is 91.4 cm³/mol. The van der Waals surface area contributed by atoms with E-state index in [1.54, 1.807) is 12.1 Å². The second-order valence-corrected chi connectivity index (χ2v) is 6.27. The first-order valence-electron chi connectivity index (χ1n) is 8.21. The summed E-state index contributed by atoms with van der Waals surface area (Å²) in [5.41, 5.74) is 0.264. The zero-order chi connectivity index (χ0) is 18.7. The van der Waals surface area contributed by atoms with Gasteiger partial charge in [-0.1, -0.05) is 18.6 Å². The fourth-order valence-electron chi connectivity index (χ4n) is 3.18. The van der Waals surface area contributed by atoms with Crippen molar-refractivity contribution in [1.29, 1.82) is 0 Å². The minimum Gasteiger partial charge on any atom is -0.496 e. The van der Waals surface area contributed by atoms with Gasteiger partial charge < -0.3 is 9.47 Å².